The summed E-state index contributed by atoms with van der Waals surface area (Å²) in [6, 6.07) is 2.51. The molecule has 0 aliphatic heterocycles. The van der Waals surface area contributed by atoms with E-state index in [9.17, 15) is 12.8 Å². The molecule has 0 spiro atoms. The summed E-state index contributed by atoms with van der Waals surface area (Å²) in [5.74, 6) is -0.862. The molecule has 0 amide bonds. The van der Waals surface area contributed by atoms with Gasteiger partial charge in [-0.25, -0.2) is 12.8 Å². The Labute approximate surface area is 126 Å². The fraction of sp³-hybridized carbons (Fsp3) is 0.500. The second-order valence-corrected chi connectivity index (χ2v) is 7.35. The molecule has 0 N–H and O–H groups in total. The van der Waals surface area contributed by atoms with Crippen LogP contribution < -0.4 is 0 Å². The van der Waals surface area contributed by atoms with Crippen molar-refractivity contribution < 1.29 is 12.8 Å². The van der Waals surface area contributed by atoms with Crippen LogP contribution in [0.15, 0.2) is 21.5 Å². The lowest BCUT2D eigenvalue weighted by atomic mass is 10.2. The number of nitrogens with zero attached hydrogens (tertiary/aromatic N) is 1. The zero-order valence-electron chi connectivity index (χ0n) is 11.0. The Balaban J connectivity index is 3.48. The Morgan fingerprint density at radius 2 is 2.00 bits per heavy atom. The second-order valence-electron chi connectivity index (χ2n) is 4.31. The number of alkyl halides is 1. The third-order valence-corrected chi connectivity index (χ3v) is 5.59. The highest BCUT2D eigenvalue weighted by Gasteiger charge is 2.29. The zero-order chi connectivity index (χ0) is 14.8. The van der Waals surface area contributed by atoms with E-state index in [0.29, 0.717) is 4.47 Å². The lowest BCUT2D eigenvalue weighted by molar-refractivity contribution is 0.366. The molecule has 0 unspecified atom stereocenters. The predicted molar refractivity (Wildman–Crippen MR) is 78.4 cm³/mol. The van der Waals surface area contributed by atoms with Crippen molar-refractivity contribution in [3.05, 3.63) is 28.0 Å². The highest BCUT2D eigenvalue weighted by atomic mass is 79.9. The van der Waals surface area contributed by atoms with E-state index in [1.54, 1.807) is 20.8 Å². The Bertz CT molecular complexity index is 563. The molecule has 1 aromatic carbocycles. The first-order valence-electron chi connectivity index (χ1n) is 5.81. The molecule has 7 heteroatoms. The Kier molecular flexibility index (Phi) is 5.79. The minimum absolute atomic E-state index is 0.0817. The van der Waals surface area contributed by atoms with Crippen LogP contribution in [0.4, 0.5) is 4.39 Å². The van der Waals surface area contributed by atoms with E-state index in [1.165, 1.54) is 16.4 Å². The van der Waals surface area contributed by atoms with Gasteiger partial charge in [0.05, 0.1) is 5.88 Å². The normalized spacial score (nSPS) is 12.4. The molecule has 0 fully saturated rings. The second kappa shape index (κ2) is 6.52. The molecular formula is C12H16BrClFNO2S. The van der Waals surface area contributed by atoms with Crippen molar-refractivity contribution in [3.8, 4) is 0 Å². The minimum atomic E-state index is -3.87. The molecule has 1 rings (SSSR count). The largest absolute Gasteiger partial charge is 0.246 e. The number of sulfonamides is 1. The van der Waals surface area contributed by atoms with Crippen molar-refractivity contribution in [3.63, 3.8) is 0 Å². The van der Waals surface area contributed by atoms with Gasteiger partial charge in [-0.3, -0.25) is 0 Å². The summed E-state index contributed by atoms with van der Waals surface area (Å²) in [6.07, 6.45) is 0. The highest BCUT2D eigenvalue weighted by molar-refractivity contribution is 9.10. The van der Waals surface area contributed by atoms with Gasteiger partial charge in [0, 0.05) is 22.6 Å². The number of halogens is 3. The van der Waals surface area contributed by atoms with Crippen LogP contribution in [-0.4, -0.2) is 25.3 Å². The fourth-order valence-corrected chi connectivity index (χ4v) is 4.47. The van der Waals surface area contributed by atoms with Gasteiger partial charge in [0.1, 0.15) is 10.7 Å². The molecule has 1 aromatic rings. The van der Waals surface area contributed by atoms with Crippen molar-refractivity contribution in [2.75, 3.05) is 6.54 Å². The summed E-state index contributed by atoms with van der Waals surface area (Å²) < 4.78 is 40.9. The summed E-state index contributed by atoms with van der Waals surface area (Å²) in [4.78, 5) is -0.340. The van der Waals surface area contributed by atoms with Gasteiger partial charge in [0.15, 0.2) is 0 Å². The first-order chi connectivity index (χ1) is 8.75. The minimum Gasteiger partial charge on any atom is -0.207 e. The summed E-state index contributed by atoms with van der Waals surface area (Å²) in [6.45, 7) is 5.50. The first-order valence-corrected chi connectivity index (χ1v) is 8.58. The van der Waals surface area contributed by atoms with Crippen molar-refractivity contribution >= 4 is 37.6 Å². The Hall–Kier alpha value is -0.170. The van der Waals surface area contributed by atoms with Gasteiger partial charge >= 0.3 is 0 Å². The zero-order valence-corrected chi connectivity index (χ0v) is 14.1. The highest BCUT2D eigenvalue weighted by Crippen LogP contribution is 2.28. The summed E-state index contributed by atoms with van der Waals surface area (Å²) in [5.41, 5.74) is 0.162. The van der Waals surface area contributed by atoms with E-state index in [2.05, 4.69) is 15.9 Å². The van der Waals surface area contributed by atoms with Crippen LogP contribution in [0.5, 0.6) is 0 Å². The Morgan fingerprint density at radius 1 is 1.42 bits per heavy atom. The molecule has 3 nitrogen and oxygen atoms in total. The van der Waals surface area contributed by atoms with Gasteiger partial charge in [0.25, 0.3) is 0 Å². The molecular weight excluding hydrogens is 357 g/mol. The maximum Gasteiger partial charge on any atom is 0.246 e. The maximum atomic E-state index is 14.2. The third-order valence-electron chi connectivity index (χ3n) is 2.70. The smallest absolute Gasteiger partial charge is 0.207 e. The summed E-state index contributed by atoms with van der Waals surface area (Å²) >= 11 is 8.81. The molecule has 0 aliphatic carbocycles. The van der Waals surface area contributed by atoms with Gasteiger partial charge in [-0.2, -0.15) is 4.31 Å². The molecule has 19 heavy (non-hydrogen) atoms. The lowest BCUT2D eigenvalue weighted by Crippen LogP contribution is -2.37. The van der Waals surface area contributed by atoms with Crippen LogP contribution >= 0.6 is 27.5 Å². The first kappa shape index (κ1) is 16.9. The summed E-state index contributed by atoms with van der Waals surface area (Å²) in [5, 5.41) is 0. The average molecular weight is 373 g/mol. The van der Waals surface area contributed by atoms with Crippen LogP contribution in [0.1, 0.15) is 26.3 Å². The molecule has 0 aliphatic rings. The number of hydrogen-bond donors (Lipinski definition) is 0. The fourth-order valence-electron chi connectivity index (χ4n) is 1.84. The third kappa shape index (κ3) is 3.48. The predicted octanol–water partition coefficient (Wildman–Crippen LogP) is 3.75. The molecule has 0 saturated heterocycles. The molecule has 0 saturated carbocycles. The molecule has 0 heterocycles. The number of rotatable bonds is 5. The molecule has 0 atom stereocenters. The van der Waals surface area contributed by atoms with Gasteiger partial charge in [-0.05, 0) is 26.0 Å². The maximum absolute atomic E-state index is 14.2. The Morgan fingerprint density at radius 3 is 2.42 bits per heavy atom. The topological polar surface area (TPSA) is 37.4 Å². The van der Waals surface area contributed by atoms with E-state index in [1.807, 2.05) is 0 Å². The van der Waals surface area contributed by atoms with Crippen LogP contribution in [0.3, 0.4) is 0 Å². The van der Waals surface area contributed by atoms with E-state index < -0.39 is 15.8 Å². The standard InChI is InChI=1S/C12H16BrClFNO2S/c1-4-16(8(2)3)19(17,18)11-6-10(13)5-9(7-14)12(11)15/h5-6,8H,4,7H2,1-3H3. The van der Waals surface area contributed by atoms with Crippen LogP contribution in [0.2, 0.25) is 0 Å². The summed E-state index contributed by atoms with van der Waals surface area (Å²) in [7, 11) is -3.87. The molecule has 0 bridgehead atoms. The van der Waals surface area contributed by atoms with Crippen LogP contribution in [-0.2, 0) is 15.9 Å². The molecule has 0 radical (unpaired) electrons. The van der Waals surface area contributed by atoms with E-state index >= 15 is 0 Å². The number of hydrogen-bond acceptors (Lipinski definition) is 2. The van der Waals surface area contributed by atoms with Crippen molar-refractivity contribution in [1.29, 1.82) is 0 Å². The van der Waals surface area contributed by atoms with Gasteiger partial charge < -0.3 is 0 Å². The van der Waals surface area contributed by atoms with Gasteiger partial charge in [-0.15, -0.1) is 11.6 Å². The van der Waals surface area contributed by atoms with Gasteiger partial charge in [-0.1, -0.05) is 22.9 Å². The van der Waals surface area contributed by atoms with E-state index in [-0.39, 0.29) is 28.9 Å². The van der Waals surface area contributed by atoms with Crippen LogP contribution in [0.25, 0.3) is 0 Å². The monoisotopic (exact) mass is 371 g/mol. The quantitative estimate of drug-likeness (QED) is 0.738. The van der Waals surface area contributed by atoms with Crippen molar-refractivity contribution in [1.82, 2.24) is 4.31 Å². The SMILES string of the molecule is CCN(C(C)C)S(=O)(=O)c1cc(Br)cc(CCl)c1F. The van der Waals surface area contributed by atoms with E-state index in [4.69, 9.17) is 11.6 Å². The molecule has 108 valence electrons. The lowest BCUT2D eigenvalue weighted by Gasteiger charge is -2.25. The molecule has 0 aromatic heterocycles. The van der Waals surface area contributed by atoms with Crippen LogP contribution in [0, 0.1) is 5.82 Å². The van der Waals surface area contributed by atoms with Crippen molar-refractivity contribution in [2.24, 2.45) is 0 Å². The number of benzene rings is 1. The van der Waals surface area contributed by atoms with Gasteiger partial charge in [0.2, 0.25) is 10.0 Å². The van der Waals surface area contributed by atoms with E-state index in [0.717, 1.165) is 0 Å². The average Bonchev–Trinajstić information content (AvgIpc) is 2.31. The van der Waals surface area contributed by atoms with Crippen molar-refractivity contribution in [2.45, 2.75) is 37.6 Å².